The van der Waals surface area contributed by atoms with E-state index in [0.29, 0.717) is 0 Å². The van der Waals surface area contributed by atoms with Crippen molar-refractivity contribution in [2.75, 3.05) is 0 Å². The van der Waals surface area contributed by atoms with Crippen LogP contribution in [0.15, 0.2) is 17.1 Å². The second kappa shape index (κ2) is 8.97. The SMILES string of the molecule is CC.CC.Cc1ccnn(C)c1=O. The minimum atomic E-state index is -0.0301. The lowest BCUT2D eigenvalue weighted by molar-refractivity contribution is 0.700. The Balaban J connectivity index is 0. The van der Waals surface area contributed by atoms with E-state index in [4.69, 9.17) is 0 Å². The van der Waals surface area contributed by atoms with Gasteiger partial charge in [0.05, 0.1) is 0 Å². The summed E-state index contributed by atoms with van der Waals surface area (Å²) in [4.78, 5) is 10.9. The van der Waals surface area contributed by atoms with Crippen molar-refractivity contribution in [3.8, 4) is 0 Å². The molecule has 0 radical (unpaired) electrons. The summed E-state index contributed by atoms with van der Waals surface area (Å²) in [5.41, 5.74) is 0.699. The van der Waals surface area contributed by atoms with E-state index in [2.05, 4.69) is 5.10 Å². The van der Waals surface area contributed by atoms with Crippen LogP contribution < -0.4 is 5.56 Å². The third kappa shape index (κ3) is 5.17. The van der Waals surface area contributed by atoms with Crippen LogP contribution in [0.2, 0.25) is 0 Å². The first kappa shape index (κ1) is 14.4. The van der Waals surface area contributed by atoms with Gasteiger partial charge < -0.3 is 0 Å². The van der Waals surface area contributed by atoms with E-state index in [-0.39, 0.29) is 5.56 Å². The second-order valence-corrected chi connectivity index (χ2v) is 1.94. The van der Waals surface area contributed by atoms with Crippen LogP contribution in [-0.4, -0.2) is 9.78 Å². The van der Waals surface area contributed by atoms with Gasteiger partial charge in [-0.05, 0) is 13.0 Å². The molecular formula is C10H20N2O. The van der Waals surface area contributed by atoms with Gasteiger partial charge in [0.1, 0.15) is 0 Å². The molecule has 0 atom stereocenters. The maximum Gasteiger partial charge on any atom is 0.269 e. The van der Waals surface area contributed by atoms with Crippen molar-refractivity contribution in [3.63, 3.8) is 0 Å². The van der Waals surface area contributed by atoms with Gasteiger partial charge in [0, 0.05) is 18.8 Å². The molecular weight excluding hydrogens is 164 g/mol. The highest BCUT2D eigenvalue weighted by Crippen LogP contribution is 1.80. The fourth-order valence-corrected chi connectivity index (χ4v) is 0.624. The van der Waals surface area contributed by atoms with Gasteiger partial charge in [0.15, 0.2) is 0 Å². The largest absolute Gasteiger partial charge is 0.269 e. The molecule has 0 unspecified atom stereocenters. The predicted molar refractivity (Wildman–Crippen MR) is 56.9 cm³/mol. The van der Waals surface area contributed by atoms with Crippen molar-refractivity contribution >= 4 is 0 Å². The van der Waals surface area contributed by atoms with Gasteiger partial charge >= 0.3 is 0 Å². The lowest BCUT2D eigenvalue weighted by atomic mass is 10.3. The van der Waals surface area contributed by atoms with Crippen LogP contribution in [-0.2, 0) is 7.05 Å². The van der Waals surface area contributed by atoms with Crippen LogP contribution in [0, 0.1) is 6.92 Å². The molecule has 0 aliphatic rings. The summed E-state index contributed by atoms with van der Waals surface area (Å²) in [5.74, 6) is 0. The zero-order chi connectivity index (χ0) is 10.9. The normalized spacial score (nSPS) is 7.54. The summed E-state index contributed by atoms with van der Waals surface area (Å²) in [7, 11) is 1.63. The van der Waals surface area contributed by atoms with Gasteiger partial charge in [0.25, 0.3) is 5.56 Å². The quantitative estimate of drug-likeness (QED) is 0.619. The summed E-state index contributed by atoms with van der Waals surface area (Å²) < 4.78 is 1.31. The maximum atomic E-state index is 10.9. The molecule has 0 fully saturated rings. The molecule has 0 spiro atoms. The lowest BCUT2D eigenvalue weighted by Gasteiger charge is -1.93. The van der Waals surface area contributed by atoms with Gasteiger partial charge in [-0.3, -0.25) is 4.79 Å². The first-order valence-electron chi connectivity index (χ1n) is 4.71. The molecule has 0 aromatic carbocycles. The number of rotatable bonds is 0. The Morgan fingerprint density at radius 1 is 1.23 bits per heavy atom. The van der Waals surface area contributed by atoms with Crippen LogP contribution in [0.4, 0.5) is 0 Å². The third-order valence-corrected chi connectivity index (χ3v) is 1.20. The Labute approximate surface area is 80.4 Å². The number of hydrogen-bond acceptors (Lipinski definition) is 2. The standard InChI is InChI=1S/C6H8N2O.2C2H6/c1-5-3-4-7-8(2)6(5)9;2*1-2/h3-4H,1-2H3;2*1-2H3. The Kier molecular flexibility index (Phi) is 9.94. The molecule has 0 bridgehead atoms. The van der Waals surface area contributed by atoms with Crippen molar-refractivity contribution in [1.29, 1.82) is 0 Å². The van der Waals surface area contributed by atoms with Gasteiger partial charge in [-0.15, -0.1) is 0 Å². The smallest absolute Gasteiger partial charge is 0.268 e. The molecule has 3 nitrogen and oxygen atoms in total. The van der Waals surface area contributed by atoms with Crippen molar-refractivity contribution in [3.05, 3.63) is 28.2 Å². The van der Waals surface area contributed by atoms with Crippen molar-refractivity contribution < 1.29 is 0 Å². The molecule has 76 valence electrons. The highest BCUT2D eigenvalue weighted by Gasteiger charge is 1.91. The van der Waals surface area contributed by atoms with Crippen LogP contribution in [0.5, 0.6) is 0 Å². The summed E-state index contributed by atoms with van der Waals surface area (Å²) in [6, 6.07) is 1.70. The van der Waals surface area contributed by atoms with Crippen molar-refractivity contribution in [1.82, 2.24) is 9.78 Å². The van der Waals surface area contributed by atoms with E-state index in [0.717, 1.165) is 5.56 Å². The number of hydrogen-bond donors (Lipinski definition) is 0. The van der Waals surface area contributed by atoms with Gasteiger partial charge in [0.2, 0.25) is 0 Å². The molecule has 1 rings (SSSR count). The Morgan fingerprint density at radius 2 is 1.69 bits per heavy atom. The number of aromatic nitrogens is 2. The first-order valence-corrected chi connectivity index (χ1v) is 4.71. The molecule has 0 saturated carbocycles. The third-order valence-electron chi connectivity index (χ3n) is 1.20. The summed E-state index contributed by atoms with van der Waals surface area (Å²) in [5, 5.41) is 3.74. The number of aryl methyl sites for hydroxylation is 2. The molecule has 0 N–H and O–H groups in total. The second-order valence-electron chi connectivity index (χ2n) is 1.94. The zero-order valence-electron chi connectivity index (χ0n) is 9.46. The molecule has 0 aliphatic heterocycles. The van der Waals surface area contributed by atoms with Gasteiger partial charge in [-0.2, -0.15) is 5.10 Å². The molecule has 0 saturated heterocycles. The molecule has 1 heterocycles. The minimum absolute atomic E-state index is 0.0301. The summed E-state index contributed by atoms with van der Waals surface area (Å²) in [6.45, 7) is 9.77. The topological polar surface area (TPSA) is 34.9 Å². The molecule has 1 aromatic heterocycles. The molecule has 1 aromatic rings. The van der Waals surface area contributed by atoms with E-state index in [1.165, 1.54) is 4.68 Å². The van der Waals surface area contributed by atoms with E-state index in [9.17, 15) is 4.79 Å². The zero-order valence-corrected chi connectivity index (χ0v) is 9.46. The van der Waals surface area contributed by atoms with Crippen LogP contribution >= 0.6 is 0 Å². The van der Waals surface area contributed by atoms with E-state index in [1.54, 1.807) is 26.2 Å². The van der Waals surface area contributed by atoms with E-state index < -0.39 is 0 Å². The lowest BCUT2D eigenvalue weighted by Crippen LogP contribution is -2.20. The Hall–Kier alpha value is -1.12. The van der Waals surface area contributed by atoms with Gasteiger partial charge in [-0.25, -0.2) is 4.68 Å². The van der Waals surface area contributed by atoms with Crippen LogP contribution in [0.1, 0.15) is 33.3 Å². The van der Waals surface area contributed by atoms with Crippen LogP contribution in [0.3, 0.4) is 0 Å². The number of nitrogens with zero attached hydrogens (tertiary/aromatic N) is 2. The van der Waals surface area contributed by atoms with Crippen molar-refractivity contribution in [2.45, 2.75) is 34.6 Å². The predicted octanol–water partition coefficient (Wildman–Crippen LogP) is 2.14. The Morgan fingerprint density at radius 3 is 2.00 bits per heavy atom. The monoisotopic (exact) mass is 184 g/mol. The maximum absolute atomic E-state index is 10.9. The minimum Gasteiger partial charge on any atom is -0.268 e. The Bertz CT molecular complexity index is 243. The van der Waals surface area contributed by atoms with Crippen LogP contribution in [0.25, 0.3) is 0 Å². The summed E-state index contributed by atoms with van der Waals surface area (Å²) in [6.07, 6.45) is 1.61. The first-order chi connectivity index (χ1) is 6.22. The molecule has 0 aliphatic carbocycles. The fraction of sp³-hybridized carbons (Fsp3) is 0.600. The fourth-order valence-electron chi connectivity index (χ4n) is 0.624. The highest BCUT2D eigenvalue weighted by atomic mass is 16.1. The van der Waals surface area contributed by atoms with Gasteiger partial charge in [-0.1, -0.05) is 27.7 Å². The summed E-state index contributed by atoms with van der Waals surface area (Å²) >= 11 is 0. The van der Waals surface area contributed by atoms with Crippen molar-refractivity contribution in [2.24, 2.45) is 7.05 Å². The molecule has 13 heavy (non-hydrogen) atoms. The van der Waals surface area contributed by atoms with E-state index >= 15 is 0 Å². The highest BCUT2D eigenvalue weighted by molar-refractivity contribution is 5.02. The average molecular weight is 184 g/mol. The molecule has 3 heteroatoms. The average Bonchev–Trinajstić information content (AvgIpc) is 2.20. The molecule has 0 amide bonds. The van der Waals surface area contributed by atoms with E-state index in [1.807, 2.05) is 27.7 Å².